The van der Waals surface area contributed by atoms with Crippen molar-refractivity contribution in [2.24, 2.45) is 27.4 Å². The van der Waals surface area contributed by atoms with Crippen molar-refractivity contribution in [3.63, 3.8) is 0 Å². The Kier molecular flexibility index (Phi) is 5.98. The van der Waals surface area contributed by atoms with Crippen LogP contribution < -0.4 is 16.8 Å². The van der Waals surface area contributed by atoms with E-state index in [0.29, 0.717) is 30.4 Å². The fourth-order valence-corrected chi connectivity index (χ4v) is 3.32. The molecule has 26 heavy (non-hydrogen) atoms. The summed E-state index contributed by atoms with van der Waals surface area (Å²) in [5, 5.41) is 3.19. The van der Waals surface area contributed by atoms with Crippen LogP contribution in [0.25, 0.3) is 0 Å². The van der Waals surface area contributed by atoms with Gasteiger partial charge in [-0.25, -0.2) is 13.8 Å². The molecule has 1 aromatic rings. The number of alkyl halides is 2. The highest BCUT2D eigenvalue weighted by molar-refractivity contribution is 6.20. The Bertz CT molecular complexity index is 720. The molecule has 1 aliphatic carbocycles. The van der Waals surface area contributed by atoms with Gasteiger partial charge in [-0.15, -0.1) is 0 Å². The predicted molar refractivity (Wildman–Crippen MR) is 103 cm³/mol. The van der Waals surface area contributed by atoms with Crippen molar-refractivity contribution in [1.82, 2.24) is 0 Å². The number of rotatable bonds is 7. The maximum absolute atomic E-state index is 13.2. The third kappa shape index (κ3) is 4.27. The van der Waals surface area contributed by atoms with Gasteiger partial charge in [0.15, 0.2) is 0 Å². The van der Waals surface area contributed by atoms with E-state index in [1.165, 1.54) is 6.21 Å². The maximum Gasteiger partial charge on any atom is 0.278 e. The number of nitrogens with two attached hydrogens (primary N) is 2. The molecule has 7 heteroatoms. The Balaban J connectivity index is 1.75. The summed E-state index contributed by atoms with van der Waals surface area (Å²) >= 11 is 0. The monoisotopic (exact) mass is 361 g/mol. The molecule has 0 unspecified atom stereocenters. The van der Waals surface area contributed by atoms with Crippen molar-refractivity contribution in [1.29, 1.82) is 0 Å². The lowest BCUT2D eigenvalue weighted by Crippen LogP contribution is -2.29. The fraction of sp³-hybridized carbons (Fsp3) is 0.474. The lowest BCUT2D eigenvalue weighted by molar-refractivity contribution is 0.187. The Labute approximate surface area is 152 Å². The first-order chi connectivity index (χ1) is 12.6. The van der Waals surface area contributed by atoms with Crippen LogP contribution >= 0.6 is 0 Å². The van der Waals surface area contributed by atoms with Crippen LogP contribution in [0.2, 0.25) is 0 Å². The second kappa shape index (κ2) is 8.40. The van der Waals surface area contributed by atoms with Crippen LogP contribution in [0.1, 0.15) is 25.7 Å². The van der Waals surface area contributed by atoms with E-state index in [0.717, 1.165) is 31.4 Å². The number of nitrogens with zero attached hydrogens (tertiary/aromatic N) is 2. The number of halogens is 2. The topological polar surface area (TPSA) is 88.8 Å². The number of aliphatic imine (C=N–C) groups is 2. The molecule has 1 aliphatic heterocycles. The predicted octanol–water partition coefficient (Wildman–Crippen LogP) is 3.25. The van der Waals surface area contributed by atoms with Gasteiger partial charge in [0.25, 0.3) is 6.43 Å². The van der Waals surface area contributed by atoms with Crippen molar-refractivity contribution in [2.45, 2.75) is 38.2 Å². The van der Waals surface area contributed by atoms with Gasteiger partial charge in [0.1, 0.15) is 0 Å². The molecule has 1 saturated carbocycles. The van der Waals surface area contributed by atoms with E-state index in [-0.39, 0.29) is 11.6 Å². The molecule has 1 fully saturated rings. The SMILES string of the molecule is NCCCC1CC(N=CC(C2=Nc3ccccc3NC2)=C(N)C(F)F)C1. The van der Waals surface area contributed by atoms with Gasteiger partial charge in [0.2, 0.25) is 0 Å². The summed E-state index contributed by atoms with van der Waals surface area (Å²) < 4.78 is 26.4. The Hall–Kier alpha value is -2.28. The van der Waals surface area contributed by atoms with Crippen LogP contribution in [0.3, 0.4) is 0 Å². The zero-order valence-electron chi connectivity index (χ0n) is 14.7. The van der Waals surface area contributed by atoms with Crippen molar-refractivity contribution < 1.29 is 8.78 Å². The molecule has 1 aromatic carbocycles. The third-order valence-electron chi connectivity index (χ3n) is 4.90. The molecule has 0 bridgehead atoms. The molecule has 0 radical (unpaired) electrons. The number of allylic oxidation sites excluding steroid dienone is 1. The first kappa shape index (κ1) is 18.5. The zero-order valence-corrected chi connectivity index (χ0v) is 14.7. The molecule has 1 heterocycles. The number of benzene rings is 1. The Morgan fingerprint density at radius 2 is 2.12 bits per heavy atom. The summed E-state index contributed by atoms with van der Waals surface area (Å²) in [6.45, 7) is 1.05. The van der Waals surface area contributed by atoms with Crippen LogP contribution in [0.5, 0.6) is 0 Å². The minimum absolute atomic E-state index is 0.169. The van der Waals surface area contributed by atoms with Crippen LogP contribution in [0.15, 0.2) is 45.5 Å². The summed E-state index contributed by atoms with van der Waals surface area (Å²) in [5.41, 5.74) is 13.0. The van der Waals surface area contributed by atoms with Gasteiger partial charge in [0, 0.05) is 11.8 Å². The minimum Gasteiger partial charge on any atom is -0.397 e. The second-order valence-corrected chi connectivity index (χ2v) is 6.80. The zero-order chi connectivity index (χ0) is 18.5. The van der Waals surface area contributed by atoms with Gasteiger partial charge >= 0.3 is 0 Å². The molecule has 0 saturated heterocycles. The lowest BCUT2D eigenvalue weighted by atomic mass is 9.78. The number of anilines is 1. The molecule has 0 amide bonds. The fourth-order valence-electron chi connectivity index (χ4n) is 3.32. The number of nitrogens with one attached hydrogen (secondary N) is 1. The average molecular weight is 361 g/mol. The summed E-state index contributed by atoms with van der Waals surface area (Å²) in [6, 6.07) is 7.66. The van der Waals surface area contributed by atoms with Gasteiger partial charge in [-0.2, -0.15) is 0 Å². The van der Waals surface area contributed by atoms with Crippen molar-refractivity contribution >= 4 is 23.3 Å². The third-order valence-corrected chi connectivity index (χ3v) is 4.90. The molecule has 3 rings (SSSR count). The number of hydrogen-bond donors (Lipinski definition) is 3. The van der Waals surface area contributed by atoms with E-state index < -0.39 is 12.1 Å². The van der Waals surface area contributed by atoms with Crippen LogP contribution in [0.4, 0.5) is 20.2 Å². The first-order valence-corrected chi connectivity index (χ1v) is 9.00. The van der Waals surface area contributed by atoms with Gasteiger partial charge in [0.05, 0.1) is 35.4 Å². The van der Waals surface area contributed by atoms with E-state index in [9.17, 15) is 8.78 Å². The summed E-state index contributed by atoms with van der Waals surface area (Å²) in [6.07, 6.45) is 2.83. The quantitative estimate of drug-likeness (QED) is 0.651. The van der Waals surface area contributed by atoms with Gasteiger partial charge in [-0.3, -0.25) is 4.99 Å². The van der Waals surface area contributed by atoms with Crippen LogP contribution in [-0.2, 0) is 0 Å². The number of para-hydroxylation sites is 2. The smallest absolute Gasteiger partial charge is 0.278 e. The molecule has 5 N–H and O–H groups in total. The highest BCUT2D eigenvalue weighted by atomic mass is 19.3. The first-order valence-electron chi connectivity index (χ1n) is 9.00. The maximum atomic E-state index is 13.2. The average Bonchev–Trinajstić information content (AvgIpc) is 2.62. The van der Waals surface area contributed by atoms with Crippen LogP contribution in [-0.4, -0.2) is 37.5 Å². The van der Waals surface area contributed by atoms with E-state index >= 15 is 0 Å². The highest BCUT2D eigenvalue weighted by Crippen LogP contribution is 2.34. The number of fused-ring (bicyclic) bond motifs is 1. The molecule has 140 valence electrons. The van der Waals surface area contributed by atoms with E-state index in [1.807, 2.05) is 24.3 Å². The highest BCUT2D eigenvalue weighted by Gasteiger charge is 2.28. The summed E-state index contributed by atoms with van der Waals surface area (Å²) in [4.78, 5) is 8.99. The van der Waals surface area contributed by atoms with Gasteiger partial charge in [-0.05, 0) is 50.3 Å². The standard InChI is InChI=1S/C19H25F2N5/c20-19(21)18(23)14(10-24-13-8-12(9-13)4-3-7-22)17-11-25-15-5-1-2-6-16(15)26-17/h1-2,5-6,10,12-13,19,25H,3-4,7-9,11,22-23H2. The summed E-state index contributed by atoms with van der Waals surface area (Å²) in [5.74, 6) is 0.640. The van der Waals surface area contributed by atoms with E-state index in [1.54, 1.807) is 0 Å². The molecule has 0 spiro atoms. The molecule has 5 nitrogen and oxygen atoms in total. The molecule has 0 aromatic heterocycles. The Morgan fingerprint density at radius 1 is 1.35 bits per heavy atom. The molecular formula is C19H25F2N5. The van der Waals surface area contributed by atoms with Crippen LogP contribution in [0, 0.1) is 5.92 Å². The van der Waals surface area contributed by atoms with E-state index in [2.05, 4.69) is 15.3 Å². The van der Waals surface area contributed by atoms with Crippen molar-refractivity contribution in [3.05, 3.63) is 35.5 Å². The largest absolute Gasteiger partial charge is 0.397 e. The summed E-state index contributed by atoms with van der Waals surface area (Å²) in [7, 11) is 0. The second-order valence-electron chi connectivity index (χ2n) is 6.80. The molecular weight excluding hydrogens is 336 g/mol. The van der Waals surface area contributed by atoms with Crippen molar-refractivity contribution in [3.8, 4) is 0 Å². The Morgan fingerprint density at radius 3 is 2.85 bits per heavy atom. The van der Waals surface area contributed by atoms with Crippen molar-refractivity contribution in [2.75, 3.05) is 18.4 Å². The van der Waals surface area contributed by atoms with Gasteiger partial charge in [-0.1, -0.05) is 12.1 Å². The van der Waals surface area contributed by atoms with Gasteiger partial charge < -0.3 is 16.8 Å². The molecule has 0 atom stereocenters. The number of hydrogen-bond acceptors (Lipinski definition) is 5. The van der Waals surface area contributed by atoms with E-state index in [4.69, 9.17) is 11.5 Å². The lowest BCUT2D eigenvalue weighted by Gasteiger charge is -2.32. The molecule has 2 aliphatic rings. The minimum atomic E-state index is -2.74. The normalized spacial score (nSPS) is 23.2.